The van der Waals surface area contributed by atoms with Crippen LogP contribution in [0.4, 0.5) is 0 Å². The molecule has 0 unspecified atom stereocenters. The molecule has 0 bridgehead atoms. The quantitative estimate of drug-likeness (QED) is 0.807. The number of ketones is 1. The van der Waals surface area contributed by atoms with Gasteiger partial charge in [0.25, 0.3) is 0 Å². The van der Waals surface area contributed by atoms with Gasteiger partial charge in [-0.1, -0.05) is 25.1 Å². The summed E-state index contributed by atoms with van der Waals surface area (Å²) >= 11 is 0. The molecule has 112 valence electrons. The lowest BCUT2D eigenvalue weighted by molar-refractivity contribution is 0.0894. The first-order chi connectivity index (χ1) is 10.1. The highest BCUT2D eigenvalue weighted by Crippen LogP contribution is 2.26. The Morgan fingerprint density at radius 1 is 1.33 bits per heavy atom. The average Bonchev–Trinajstić information content (AvgIpc) is 2.71. The Labute approximate surface area is 126 Å². The number of carbonyl (C=O) groups is 1. The Morgan fingerprint density at radius 2 is 2.10 bits per heavy atom. The Morgan fingerprint density at radius 3 is 2.86 bits per heavy atom. The lowest BCUT2D eigenvalue weighted by Gasteiger charge is -2.30. The van der Waals surface area contributed by atoms with Crippen molar-refractivity contribution >= 4 is 16.7 Å². The highest BCUT2D eigenvalue weighted by Gasteiger charge is 2.23. The number of rotatable bonds is 3. The Bertz CT molecular complexity index is 671. The van der Waals surface area contributed by atoms with Crippen molar-refractivity contribution in [2.24, 2.45) is 13.0 Å². The van der Waals surface area contributed by atoms with E-state index in [2.05, 4.69) is 28.5 Å². The first-order valence-corrected chi connectivity index (χ1v) is 7.87. The van der Waals surface area contributed by atoms with Crippen molar-refractivity contribution in [3.8, 4) is 0 Å². The van der Waals surface area contributed by atoms with E-state index in [4.69, 9.17) is 0 Å². The van der Waals surface area contributed by atoms with Crippen LogP contribution in [0.5, 0.6) is 0 Å². The third-order valence-electron chi connectivity index (χ3n) is 4.79. The summed E-state index contributed by atoms with van der Waals surface area (Å²) in [7, 11) is 2.04. The average molecular weight is 284 g/mol. The van der Waals surface area contributed by atoms with E-state index in [1.165, 1.54) is 12.8 Å². The van der Waals surface area contributed by atoms with Crippen LogP contribution >= 0.6 is 0 Å². The second-order valence-corrected chi connectivity index (χ2v) is 6.44. The normalized spacial score (nSPS) is 20.0. The smallest absolute Gasteiger partial charge is 0.179 e. The summed E-state index contributed by atoms with van der Waals surface area (Å²) in [5.74, 6) is 0.971. The van der Waals surface area contributed by atoms with Crippen LogP contribution in [0.3, 0.4) is 0 Å². The highest BCUT2D eigenvalue weighted by molar-refractivity contribution is 6.10. The third kappa shape index (κ3) is 2.62. The molecule has 1 aliphatic rings. The van der Waals surface area contributed by atoms with E-state index in [-0.39, 0.29) is 5.78 Å². The fourth-order valence-corrected chi connectivity index (χ4v) is 3.59. The lowest BCUT2D eigenvalue weighted by Crippen LogP contribution is -2.38. The third-order valence-corrected chi connectivity index (χ3v) is 4.79. The summed E-state index contributed by atoms with van der Waals surface area (Å²) in [6, 6.07) is 8.19. The molecule has 2 aromatic rings. The molecule has 21 heavy (non-hydrogen) atoms. The maximum atomic E-state index is 12.8. The van der Waals surface area contributed by atoms with Crippen LogP contribution in [-0.4, -0.2) is 34.9 Å². The number of carbonyl (C=O) groups excluding carboxylic acids is 1. The van der Waals surface area contributed by atoms with Gasteiger partial charge in [0.2, 0.25) is 0 Å². The monoisotopic (exact) mass is 284 g/mol. The molecule has 0 radical (unpaired) electrons. The fraction of sp³-hybridized carbons (Fsp3) is 0.500. The van der Waals surface area contributed by atoms with E-state index < -0.39 is 0 Å². The summed E-state index contributed by atoms with van der Waals surface area (Å²) < 4.78 is 2.13. The molecule has 1 aromatic heterocycles. The number of nitrogens with zero attached hydrogens (tertiary/aromatic N) is 2. The summed E-state index contributed by atoms with van der Waals surface area (Å²) in [5.41, 5.74) is 3.13. The standard InChI is InChI=1S/C18H24N2O/c1-13-7-6-10-20(11-13)12-17(21)18-14(2)19(3)16-9-5-4-8-15(16)18/h4-5,8-9,13H,6-7,10-12H2,1-3H3/t13-/m1/s1. The van der Waals surface area contributed by atoms with Crippen LogP contribution in [0.15, 0.2) is 24.3 Å². The van der Waals surface area contributed by atoms with Crippen molar-refractivity contribution < 1.29 is 4.79 Å². The van der Waals surface area contributed by atoms with Gasteiger partial charge in [0.1, 0.15) is 0 Å². The number of piperidine rings is 1. The topological polar surface area (TPSA) is 25.2 Å². The minimum absolute atomic E-state index is 0.262. The number of para-hydroxylation sites is 1. The molecule has 0 aliphatic carbocycles. The number of aromatic nitrogens is 1. The maximum Gasteiger partial charge on any atom is 0.179 e. The van der Waals surface area contributed by atoms with E-state index in [0.29, 0.717) is 12.5 Å². The van der Waals surface area contributed by atoms with Crippen LogP contribution in [-0.2, 0) is 7.05 Å². The molecule has 3 nitrogen and oxygen atoms in total. The zero-order chi connectivity index (χ0) is 15.0. The van der Waals surface area contributed by atoms with Gasteiger partial charge in [0.05, 0.1) is 6.54 Å². The molecule has 2 heterocycles. The van der Waals surface area contributed by atoms with Gasteiger partial charge in [-0.05, 0) is 38.3 Å². The number of aryl methyl sites for hydroxylation is 1. The first kappa shape index (κ1) is 14.3. The fourth-order valence-electron chi connectivity index (χ4n) is 3.59. The minimum Gasteiger partial charge on any atom is -0.347 e. The summed E-state index contributed by atoms with van der Waals surface area (Å²) in [6.45, 7) is 6.99. The molecule has 0 amide bonds. The van der Waals surface area contributed by atoms with Crippen LogP contribution in [0.2, 0.25) is 0 Å². The molecule has 0 spiro atoms. The Balaban J connectivity index is 1.89. The number of hydrogen-bond acceptors (Lipinski definition) is 2. The first-order valence-electron chi connectivity index (χ1n) is 7.87. The molecule has 0 saturated carbocycles. The van der Waals surface area contributed by atoms with Crippen molar-refractivity contribution in [2.45, 2.75) is 26.7 Å². The van der Waals surface area contributed by atoms with Crippen molar-refractivity contribution in [3.63, 3.8) is 0 Å². The van der Waals surface area contributed by atoms with E-state index in [0.717, 1.165) is 35.2 Å². The van der Waals surface area contributed by atoms with E-state index in [9.17, 15) is 4.79 Å². The molecule has 1 fully saturated rings. The van der Waals surface area contributed by atoms with Crippen molar-refractivity contribution in [1.82, 2.24) is 9.47 Å². The second-order valence-electron chi connectivity index (χ2n) is 6.44. The molecule has 0 N–H and O–H groups in total. The van der Waals surface area contributed by atoms with Crippen LogP contribution in [0.25, 0.3) is 10.9 Å². The molecule has 1 aromatic carbocycles. The molecular weight excluding hydrogens is 260 g/mol. The van der Waals surface area contributed by atoms with Crippen LogP contribution in [0, 0.1) is 12.8 Å². The lowest BCUT2D eigenvalue weighted by atomic mass is 9.99. The van der Waals surface area contributed by atoms with E-state index >= 15 is 0 Å². The van der Waals surface area contributed by atoms with Gasteiger partial charge in [-0.3, -0.25) is 9.69 Å². The zero-order valence-electron chi connectivity index (χ0n) is 13.2. The largest absolute Gasteiger partial charge is 0.347 e. The second kappa shape index (κ2) is 5.64. The van der Waals surface area contributed by atoms with Gasteiger partial charge in [-0.25, -0.2) is 0 Å². The van der Waals surface area contributed by atoms with Gasteiger partial charge in [0, 0.05) is 35.8 Å². The number of benzene rings is 1. The van der Waals surface area contributed by atoms with E-state index in [1.54, 1.807) is 0 Å². The molecular formula is C18H24N2O. The number of hydrogen-bond donors (Lipinski definition) is 0. The molecule has 1 atom stereocenters. The predicted molar refractivity (Wildman–Crippen MR) is 86.8 cm³/mol. The van der Waals surface area contributed by atoms with Crippen molar-refractivity contribution in [2.75, 3.05) is 19.6 Å². The molecule has 3 heteroatoms. The van der Waals surface area contributed by atoms with Gasteiger partial charge in [-0.15, -0.1) is 0 Å². The predicted octanol–water partition coefficient (Wildman–Crippen LogP) is 3.40. The van der Waals surface area contributed by atoms with Crippen LogP contribution < -0.4 is 0 Å². The molecule has 1 aliphatic heterocycles. The van der Waals surface area contributed by atoms with Crippen LogP contribution in [0.1, 0.15) is 35.8 Å². The zero-order valence-corrected chi connectivity index (χ0v) is 13.2. The molecule has 3 rings (SSSR count). The number of likely N-dealkylation sites (tertiary alicyclic amines) is 1. The SMILES string of the molecule is Cc1c(C(=O)CN2CCC[C@@H](C)C2)c2ccccc2n1C. The maximum absolute atomic E-state index is 12.8. The summed E-state index contributed by atoms with van der Waals surface area (Å²) in [5, 5.41) is 1.09. The van der Waals surface area contributed by atoms with Gasteiger partial charge in [-0.2, -0.15) is 0 Å². The van der Waals surface area contributed by atoms with E-state index in [1.807, 2.05) is 26.1 Å². The minimum atomic E-state index is 0.262. The van der Waals surface area contributed by atoms with Gasteiger partial charge in [0.15, 0.2) is 5.78 Å². The number of fused-ring (bicyclic) bond motifs is 1. The molecule has 1 saturated heterocycles. The van der Waals surface area contributed by atoms with Gasteiger partial charge >= 0.3 is 0 Å². The highest BCUT2D eigenvalue weighted by atomic mass is 16.1. The van der Waals surface area contributed by atoms with Crippen molar-refractivity contribution in [3.05, 3.63) is 35.5 Å². The van der Waals surface area contributed by atoms with Gasteiger partial charge < -0.3 is 4.57 Å². The number of Topliss-reactive ketones (excluding diaryl/α,β-unsaturated/α-hetero) is 1. The summed E-state index contributed by atoms with van der Waals surface area (Å²) in [4.78, 5) is 15.1. The summed E-state index contributed by atoms with van der Waals surface area (Å²) in [6.07, 6.45) is 2.50. The van der Waals surface area contributed by atoms with Crippen molar-refractivity contribution in [1.29, 1.82) is 0 Å². The Hall–Kier alpha value is -1.61. The Kier molecular flexibility index (Phi) is 3.85.